The maximum atomic E-state index is 12.9. The number of thiazole rings is 1. The van der Waals surface area contributed by atoms with E-state index >= 15 is 0 Å². The van der Waals surface area contributed by atoms with E-state index in [4.69, 9.17) is 9.47 Å². The molecule has 7 nitrogen and oxygen atoms in total. The minimum atomic E-state index is -0.485. The lowest BCUT2D eigenvalue weighted by atomic mass is 10.1. The Balaban J connectivity index is 1.33. The van der Waals surface area contributed by atoms with Crippen molar-refractivity contribution in [2.24, 2.45) is 0 Å². The molecule has 8 heteroatoms. The minimum Gasteiger partial charge on any atom is -0.486 e. The van der Waals surface area contributed by atoms with Crippen LogP contribution in [0.1, 0.15) is 21.5 Å². The van der Waals surface area contributed by atoms with Crippen LogP contribution in [0.5, 0.6) is 11.5 Å². The molecule has 0 unspecified atom stereocenters. The zero-order valence-electron chi connectivity index (χ0n) is 17.9. The summed E-state index contributed by atoms with van der Waals surface area (Å²) in [4.78, 5) is 30.3. The molecule has 5 rings (SSSR count). The second-order valence-corrected chi connectivity index (χ2v) is 8.55. The fourth-order valence-electron chi connectivity index (χ4n) is 3.67. The number of carbonyl (C=O) groups is 1. The second kappa shape index (κ2) is 8.91. The molecule has 1 amide bonds. The number of nitrogens with zero attached hydrogens (tertiary/aromatic N) is 2. The van der Waals surface area contributed by atoms with Crippen LogP contribution in [0.4, 0.5) is 5.13 Å². The molecule has 0 saturated carbocycles. The Kier molecular flexibility index (Phi) is 5.66. The van der Waals surface area contributed by atoms with Crippen LogP contribution in [0.15, 0.2) is 71.0 Å². The van der Waals surface area contributed by atoms with Crippen molar-refractivity contribution in [2.75, 3.05) is 18.5 Å². The molecular weight excluding hydrogens is 438 g/mol. The van der Waals surface area contributed by atoms with Crippen molar-refractivity contribution >= 4 is 22.4 Å². The predicted octanol–water partition coefficient (Wildman–Crippen LogP) is 4.35. The fourth-order valence-corrected chi connectivity index (χ4v) is 4.39. The van der Waals surface area contributed by atoms with Gasteiger partial charge < -0.3 is 14.0 Å². The summed E-state index contributed by atoms with van der Waals surface area (Å²) in [5.41, 5.74) is 3.40. The van der Waals surface area contributed by atoms with Gasteiger partial charge in [-0.15, -0.1) is 11.3 Å². The van der Waals surface area contributed by atoms with Gasteiger partial charge in [0.25, 0.3) is 11.5 Å². The van der Waals surface area contributed by atoms with Crippen molar-refractivity contribution in [1.29, 1.82) is 0 Å². The Morgan fingerprint density at radius 1 is 1.09 bits per heavy atom. The molecule has 0 radical (unpaired) electrons. The summed E-state index contributed by atoms with van der Waals surface area (Å²) in [7, 11) is 0. The maximum absolute atomic E-state index is 12.9. The lowest BCUT2D eigenvalue weighted by Crippen LogP contribution is -2.29. The lowest BCUT2D eigenvalue weighted by Gasteiger charge is -2.18. The number of ether oxygens (including phenoxy) is 2. The smallest absolute Gasteiger partial charge is 0.263 e. The van der Waals surface area contributed by atoms with Gasteiger partial charge in [-0.3, -0.25) is 14.9 Å². The number of carbonyl (C=O) groups excluding carboxylic acids is 1. The molecule has 0 bridgehead atoms. The van der Waals surface area contributed by atoms with Gasteiger partial charge in [0.2, 0.25) is 0 Å². The molecule has 0 atom stereocenters. The summed E-state index contributed by atoms with van der Waals surface area (Å²) in [5.74, 6) is 0.900. The van der Waals surface area contributed by atoms with Gasteiger partial charge in [0.1, 0.15) is 18.8 Å². The number of rotatable bonds is 5. The van der Waals surface area contributed by atoms with E-state index < -0.39 is 5.91 Å². The number of fused-ring (bicyclic) bond motifs is 1. The summed E-state index contributed by atoms with van der Waals surface area (Å²) in [6.45, 7) is 3.44. The molecule has 0 aliphatic carbocycles. The van der Waals surface area contributed by atoms with Crippen LogP contribution in [0.25, 0.3) is 11.3 Å². The zero-order chi connectivity index (χ0) is 22.8. The van der Waals surface area contributed by atoms with Gasteiger partial charge in [-0.05, 0) is 42.8 Å². The quantitative estimate of drug-likeness (QED) is 0.480. The topological polar surface area (TPSA) is 82.5 Å². The molecule has 1 N–H and O–H groups in total. The summed E-state index contributed by atoms with van der Waals surface area (Å²) in [6, 6.07) is 16.8. The average molecular weight is 460 g/mol. The monoisotopic (exact) mass is 459 g/mol. The molecule has 2 aromatic carbocycles. The molecule has 2 aromatic heterocycles. The van der Waals surface area contributed by atoms with E-state index in [-0.39, 0.29) is 11.1 Å². The van der Waals surface area contributed by atoms with E-state index in [1.807, 2.05) is 54.8 Å². The van der Waals surface area contributed by atoms with Crippen molar-refractivity contribution in [3.8, 4) is 22.8 Å². The van der Waals surface area contributed by atoms with Crippen molar-refractivity contribution in [2.45, 2.75) is 13.5 Å². The molecule has 0 fully saturated rings. The number of anilines is 1. The number of nitrogens with one attached hydrogen (secondary N) is 1. The van der Waals surface area contributed by atoms with Crippen LogP contribution in [0, 0.1) is 6.92 Å². The Hall–Kier alpha value is -3.91. The molecule has 0 saturated heterocycles. The average Bonchev–Trinajstić information content (AvgIpc) is 3.28. The first-order valence-electron chi connectivity index (χ1n) is 10.5. The number of amides is 1. The Labute approximate surface area is 194 Å². The number of hydrogen-bond acceptors (Lipinski definition) is 6. The van der Waals surface area contributed by atoms with Gasteiger partial charge in [-0.2, -0.15) is 0 Å². The normalized spacial score (nSPS) is 12.4. The van der Waals surface area contributed by atoms with E-state index in [0.29, 0.717) is 42.1 Å². The van der Waals surface area contributed by atoms with Crippen molar-refractivity contribution in [3.63, 3.8) is 0 Å². The minimum absolute atomic E-state index is 0.0706. The Bertz CT molecular complexity index is 1390. The van der Waals surface area contributed by atoms with Crippen LogP contribution in [-0.4, -0.2) is 28.7 Å². The van der Waals surface area contributed by atoms with E-state index in [9.17, 15) is 9.59 Å². The number of aromatic nitrogens is 2. The highest BCUT2D eigenvalue weighted by molar-refractivity contribution is 7.14. The van der Waals surface area contributed by atoms with E-state index in [2.05, 4.69) is 10.3 Å². The standard InChI is InChI=1S/C25H21N3O4S/c1-16-4-2-5-17(12-16)14-28-9-3-6-19(24(28)30)23(29)27-25-26-20(15-33-25)18-7-8-21-22(13-18)32-11-10-31-21/h2-9,12-13,15H,10-11,14H2,1H3,(H,26,27,29). The third-order valence-electron chi connectivity index (χ3n) is 5.26. The SMILES string of the molecule is Cc1cccc(Cn2cccc(C(=O)Nc3nc(-c4ccc5c(c4)OCCO5)cs3)c2=O)c1. The van der Waals surface area contributed by atoms with Crippen molar-refractivity contribution in [3.05, 3.63) is 93.2 Å². The largest absolute Gasteiger partial charge is 0.486 e. The summed E-state index contributed by atoms with van der Waals surface area (Å²) < 4.78 is 12.7. The summed E-state index contributed by atoms with van der Waals surface area (Å²) in [6.07, 6.45) is 1.69. The van der Waals surface area contributed by atoms with E-state index in [1.165, 1.54) is 22.0 Å². The van der Waals surface area contributed by atoms with Gasteiger partial charge >= 0.3 is 0 Å². The van der Waals surface area contributed by atoms with Gasteiger partial charge in [0.15, 0.2) is 16.6 Å². The Morgan fingerprint density at radius 2 is 1.94 bits per heavy atom. The predicted molar refractivity (Wildman–Crippen MR) is 127 cm³/mol. The van der Waals surface area contributed by atoms with Crippen molar-refractivity contribution in [1.82, 2.24) is 9.55 Å². The third kappa shape index (κ3) is 4.51. The van der Waals surface area contributed by atoms with Crippen molar-refractivity contribution < 1.29 is 14.3 Å². The Morgan fingerprint density at radius 3 is 2.79 bits per heavy atom. The van der Waals surface area contributed by atoms with Gasteiger partial charge in [0.05, 0.1) is 12.2 Å². The fraction of sp³-hybridized carbons (Fsp3) is 0.160. The molecule has 1 aliphatic rings. The number of hydrogen-bond donors (Lipinski definition) is 1. The molecule has 1 aliphatic heterocycles. The van der Waals surface area contributed by atoms with E-state index in [0.717, 1.165) is 16.7 Å². The lowest BCUT2D eigenvalue weighted by molar-refractivity contribution is 0.102. The third-order valence-corrected chi connectivity index (χ3v) is 6.02. The van der Waals surface area contributed by atoms with Crippen LogP contribution in [-0.2, 0) is 6.54 Å². The van der Waals surface area contributed by atoms with Crippen LogP contribution in [0.3, 0.4) is 0 Å². The highest BCUT2D eigenvalue weighted by Crippen LogP contribution is 2.35. The highest BCUT2D eigenvalue weighted by atomic mass is 32.1. The first kappa shape index (κ1) is 21.0. The molecule has 166 valence electrons. The van der Waals surface area contributed by atoms with Crippen LogP contribution >= 0.6 is 11.3 Å². The summed E-state index contributed by atoms with van der Waals surface area (Å²) in [5, 5.41) is 5.02. The van der Waals surface area contributed by atoms with Gasteiger partial charge in [0, 0.05) is 17.1 Å². The van der Waals surface area contributed by atoms with E-state index in [1.54, 1.807) is 12.3 Å². The zero-order valence-corrected chi connectivity index (χ0v) is 18.7. The number of pyridine rings is 1. The van der Waals surface area contributed by atoms with Gasteiger partial charge in [-0.1, -0.05) is 29.8 Å². The highest BCUT2D eigenvalue weighted by Gasteiger charge is 2.17. The second-order valence-electron chi connectivity index (χ2n) is 7.69. The molecule has 0 spiro atoms. The van der Waals surface area contributed by atoms with Gasteiger partial charge in [-0.25, -0.2) is 4.98 Å². The molecule has 4 aromatic rings. The van der Waals surface area contributed by atoms with Crippen LogP contribution in [0.2, 0.25) is 0 Å². The number of benzene rings is 2. The first-order chi connectivity index (χ1) is 16.1. The summed E-state index contributed by atoms with van der Waals surface area (Å²) >= 11 is 1.30. The first-order valence-corrected chi connectivity index (χ1v) is 11.4. The maximum Gasteiger partial charge on any atom is 0.263 e. The molecular formula is C25H21N3O4S. The van der Waals surface area contributed by atoms with Crippen LogP contribution < -0.4 is 20.3 Å². The number of aryl methyl sites for hydroxylation is 1. The molecule has 3 heterocycles. The molecule has 33 heavy (non-hydrogen) atoms.